The minimum absolute atomic E-state index is 0.00572. The van der Waals surface area contributed by atoms with Crippen LogP contribution in [0.1, 0.15) is 40.5 Å². The molecule has 0 bridgehead atoms. The molecule has 3 rings (SSSR count). The molecule has 0 saturated carbocycles. The van der Waals surface area contributed by atoms with Gasteiger partial charge >= 0.3 is 0 Å². The number of halogens is 2. The van der Waals surface area contributed by atoms with Crippen molar-refractivity contribution in [3.8, 4) is 0 Å². The second-order valence-corrected chi connectivity index (χ2v) is 7.07. The Labute approximate surface area is 157 Å². The molecular weight excluding hydrogens is 355 g/mol. The van der Waals surface area contributed by atoms with Crippen molar-refractivity contribution in [1.29, 1.82) is 0 Å². The Bertz CT molecular complexity index is 823. The third kappa shape index (κ3) is 4.22. The first-order valence-corrected chi connectivity index (χ1v) is 8.97. The van der Waals surface area contributed by atoms with Crippen molar-refractivity contribution in [3.63, 3.8) is 0 Å². The van der Waals surface area contributed by atoms with Crippen LogP contribution < -0.4 is 5.32 Å². The summed E-state index contributed by atoms with van der Waals surface area (Å²) in [4.78, 5) is 26.7. The molecule has 1 heterocycles. The lowest BCUT2D eigenvalue weighted by molar-refractivity contribution is 0.0682. The molecule has 0 radical (unpaired) electrons. The highest BCUT2D eigenvalue weighted by Gasteiger charge is 2.22. The smallest absolute Gasteiger partial charge is 0.255 e. The second-order valence-electron chi connectivity index (χ2n) is 6.66. The first kappa shape index (κ1) is 18.4. The van der Waals surface area contributed by atoms with Gasteiger partial charge in [-0.05, 0) is 61.2 Å². The number of hydrogen-bond acceptors (Lipinski definition) is 2. The Hall–Kier alpha value is -2.40. The lowest BCUT2D eigenvalue weighted by Crippen LogP contribution is -2.39. The summed E-state index contributed by atoms with van der Waals surface area (Å²) in [7, 11) is 0. The average Bonchev–Trinajstić information content (AvgIpc) is 2.64. The highest BCUT2D eigenvalue weighted by atomic mass is 35.5. The van der Waals surface area contributed by atoms with Crippen molar-refractivity contribution < 1.29 is 14.0 Å². The molecule has 0 aliphatic carbocycles. The molecule has 1 aliphatic rings. The monoisotopic (exact) mass is 374 g/mol. The number of benzene rings is 2. The van der Waals surface area contributed by atoms with Gasteiger partial charge in [-0.25, -0.2) is 4.39 Å². The summed E-state index contributed by atoms with van der Waals surface area (Å²) in [5, 5.41) is 2.60. The Morgan fingerprint density at radius 2 is 1.85 bits per heavy atom. The Kier molecular flexibility index (Phi) is 5.57. The zero-order chi connectivity index (χ0) is 18.7. The van der Waals surface area contributed by atoms with E-state index in [2.05, 4.69) is 12.2 Å². The number of anilines is 1. The van der Waals surface area contributed by atoms with E-state index in [4.69, 9.17) is 11.6 Å². The van der Waals surface area contributed by atoms with Crippen LogP contribution in [0.4, 0.5) is 10.1 Å². The summed E-state index contributed by atoms with van der Waals surface area (Å²) in [5.74, 6) is -0.382. The van der Waals surface area contributed by atoms with Gasteiger partial charge in [0.25, 0.3) is 11.8 Å². The van der Waals surface area contributed by atoms with Gasteiger partial charge < -0.3 is 10.2 Å². The molecule has 4 nitrogen and oxygen atoms in total. The quantitative estimate of drug-likeness (QED) is 0.853. The highest BCUT2D eigenvalue weighted by Crippen LogP contribution is 2.21. The Morgan fingerprint density at radius 1 is 1.15 bits per heavy atom. The van der Waals surface area contributed by atoms with Crippen molar-refractivity contribution in [2.75, 3.05) is 18.4 Å². The summed E-state index contributed by atoms with van der Waals surface area (Å²) in [5.41, 5.74) is 1.39. The van der Waals surface area contributed by atoms with Crippen molar-refractivity contribution in [1.82, 2.24) is 4.90 Å². The molecule has 1 saturated heterocycles. The zero-order valence-electron chi connectivity index (χ0n) is 14.5. The predicted molar refractivity (Wildman–Crippen MR) is 100 cm³/mol. The van der Waals surface area contributed by atoms with Crippen LogP contribution in [0.5, 0.6) is 0 Å². The summed E-state index contributed by atoms with van der Waals surface area (Å²) in [6.07, 6.45) is 2.17. The maximum atomic E-state index is 13.2. The third-order valence-corrected chi connectivity index (χ3v) is 4.81. The number of amides is 2. The number of likely N-dealkylation sites (tertiary alicyclic amines) is 1. The summed E-state index contributed by atoms with van der Waals surface area (Å²) < 4.78 is 13.2. The Morgan fingerprint density at radius 3 is 2.50 bits per heavy atom. The number of nitrogens with one attached hydrogen (secondary N) is 1. The Balaban J connectivity index is 1.67. The number of nitrogens with zero attached hydrogens (tertiary/aromatic N) is 1. The zero-order valence-corrected chi connectivity index (χ0v) is 15.2. The third-order valence-electron chi connectivity index (χ3n) is 4.52. The SMILES string of the molecule is CC1CCCN(C(=O)c2ccc(C(=O)Nc3ccc(F)c(Cl)c3)cc2)C1. The number of hydrogen-bond donors (Lipinski definition) is 1. The van der Waals surface area contributed by atoms with Gasteiger partial charge in [0.2, 0.25) is 0 Å². The van der Waals surface area contributed by atoms with E-state index in [0.717, 1.165) is 25.9 Å². The molecule has 1 atom stereocenters. The maximum absolute atomic E-state index is 13.2. The fourth-order valence-electron chi connectivity index (χ4n) is 3.10. The predicted octanol–water partition coefficient (Wildman–Crippen LogP) is 4.60. The first-order valence-electron chi connectivity index (χ1n) is 8.60. The molecule has 1 fully saturated rings. The molecule has 26 heavy (non-hydrogen) atoms. The van der Waals surface area contributed by atoms with Crippen LogP contribution in [0.15, 0.2) is 42.5 Å². The van der Waals surface area contributed by atoms with Gasteiger partial charge in [0.05, 0.1) is 5.02 Å². The minimum Gasteiger partial charge on any atom is -0.338 e. The molecule has 1 aliphatic heterocycles. The van der Waals surface area contributed by atoms with E-state index >= 15 is 0 Å². The molecule has 0 spiro atoms. The summed E-state index contributed by atoms with van der Waals surface area (Å²) in [6.45, 7) is 3.69. The number of carbonyl (C=O) groups excluding carboxylic acids is 2. The van der Waals surface area contributed by atoms with Gasteiger partial charge in [-0.2, -0.15) is 0 Å². The summed E-state index contributed by atoms with van der Waals surface area (Å²) in [6, 6.07) is 10.5. The van der Waals surface area contributed by atoms with Crippen molar-refractivity contribution in [3.05, 3.63) is 64.4 Å². The van der Waals surface area contributed by atoms with E-state index in [1.54, 1.807) is 24.3 Å². The lowest BCUT2D eigenvalue weighted by Gasteiger charge is -2.31. The molecule has 0 aromatic heterocycles. The van der Waals surface area contributed by atoms with Crippen LogP contribution >= 0.6 is 11.6 Å². The van der Waals surface area contributed by atoms with Crippen molar-refractivity contribution in [2.24, 2.45) is 5.92 Å². The number of piperidine rings is 1. The normalized spacial score (nSPS) is 17.0. The highest BCUT2D eigenvalue weighted by molar-refractivity contribution is 6.31. The molecule has 2 amide bonds. The topological polar surface area (TPSA) is 49.4 Å². The molecule has 136 valence electrons. The molecule has 1 unspecified atom stereocenters. The van der Waals surface area contributed by atoms with E-state index in [9.17, 15) is 14.0 Å². The second kappa shape index (κ2) is 7.87. The van der Waals surface area contributed by atoms with Crippen LogP contribution in [0.25, 0.3) is 0 Å². The van der Waals surface area contributed by atoms with Crippen LogP contribution in [0, 0.1) is 11.7 Å². The fraction of sp³-hybridized carbons (Fsp3) is 0.300. The van der Waals surface area contributed by atoms with Crippen LogP contribution in [0.2, 0.25) is 5.02 Å². The van der Waals surface area contributed by atoms with Gasteiger partial charge in [-0.3, -0.25) is 9.59 Å². The largest absolute Gasteiger partial charge is 0.338 e. The number of carbonyl (C=O) groups is 2. The van der Waals surface area contributed by atoms with E-state index < -0.39 is 5.82 Å². The fourth-order valence-corrected chi connectivity index (χ4v) is 3.28. The van der Waals surface area contributed by atoms with Crippen molar-refractivity contribution in [2.45, 2.75) is 19.8 Å². The summed E-state index contributed by atoms with van der Waals surface area (Å²) >= 11 is 5.71. The standard InChI is InChI=1S/C20H20ClFN2O2/c1-13-3-2-10-24(12-13)20(26)15-6-4-14(5-7-15)19(25)23-16-8-9-18(22)17(21)11-16/h4-9,11,13H,2-3,10,12H2,1H3,(H,23,25). The average molecular weight is 375 g/mol. The molecular formula is C20H20ClFN2O2. The van der Waals surface area contributed by atoms with Gasteiger partial charge in [0, 0.05) is 29.9 Å². The first-order chi connectivity index (χ1) is 12.4. The number of rotatable bonds is 3. The van der Waals surface area contributed by atoms with E-state index in [0.29, 0.717) is 22.7 Å². The molecule has 1 N–H and O–H groups in total. The maximum Gasteiger partial charge on any atom is 0.255 e. The van der Waals surface area contributed by atoms with E-state index in [1.807, 2.05) is 4.90 Å². The van der Waals surface area contributed by atoms with E-state index in [-0.39, 0.29) is 16.8 Å². The molecule has 2 aromatic rings. The lowest BCUT2D eigenvalue weighted by atomic mass is 9.99. The molecule has 2 aromatic carbocycles. The van der Waals surface area contributed by atoms with E-state index in [1.165, 1.54) is 18.2 Å². The molecule has 6 heteroatoms. The van der Waals surface area contributed by atoms with Gasteiger partial charge in [-0.15, -0.1) is 0 Å². The van der Waals surface area contributed by atoms with Gasteiger partial charge in [0.1, 0.15) is 5.82 Å². The van der Waals surface area contributed by atoms with Gasteiger partial charge in [-0.1, -0.05) is 18.5 Å². The van der Waals surface area contributed by atoms with Crippen LogP contribution in [0.3, 0.4) is 0 Å². The van der Waals surface area contributed by atoms with Gasteiger partial charge in [0.15, 0.2) is 0 Å². The van der Waals surface area contributed by atoms with Crippen LogP contribution in [-0.2, 0) is 0 Å². The minimum atomic E-state index is -0.542. The van der Waals surface area contributed by atoms with Crippen molar-refractivity contribution >= 4 is 29.1 Å². The van der Waals surface area contributed by atoms with Crippen LogP contribution in [-0.4, -0.2) is 29.8 Å².